The number of thiazole rings is 1. The van der Waals surface area contributed by atoms with Crippen LogP contribution in [0.3, 0.4) is 0 Å². The van der Waals surface area contributed by atoms with E-state index in [0.717, 1.165) is 25.9 Å². The van der Waals surface area contributed by atoms with Gasteiger partial charge in [0, 0.05) is 25.1 Å². The second kappa shape index (κ2) is 6.09. The predicted octanol–water partition coefficient (Wildman–Crippen LogP) is 4.78. The van der Waals surface area contributed by atoms with Gasteiger partial charge in [-0.05, 0) is 39.7 Å². The molecule has 3 aromatic rings. The van der Waals surface area contributed by atoms with Gasteiger partial charge in [-0.3, -0.25) is 0 Å². The van der Waals surface area contributed by atoms with Crippen LogP contribution in [0.5, 0.6) is 0 Å². The van der Waals surface area contributed by atoms with Gasteiger partial charge < -0.3 is 4.90 Å². The maximum atomic E-state index is 5.86. The Labute approximate surface area is 139 Å². The van der Waals surface area contributed by atoms with Crippen molar-refractivity contribution >= 4 is 49.7 Å². The Kier molecular flexibility index (Phi) is 4.19. The molecule has 0 fully saturated rings. The lowest BCUT2D eigenvalue weighted by Gasteiger charge is -2.15. The van der Waals surface area contributed by atoms with Crippen molar-refractivity contribution in [3.8, 4) is 10.6 Å². The Hall–Kier alpha value is -1.50. The Bertz CT molecular complexity index is 763. The Morgan fingerprint density at radius 1 is 1.14 bits per heavy atom. The zero-order valence-corrected chi connectivity index (χ0v) is 14.2. The van der Waals surface area contributed by atoms with Gasteiger partial charge in [-0.2, -0.15) is 0 Å². The molecule has 0 aliphatic heterocycles. The van der Waals surface area contributed by atoms with E-state index in [1.54, 1.807) is 23.7 Å². The SMILES string of the molecule is CN(c1ccccc1)c1ncc(-c2nc(Cl)ncc2Br)s1. The fourth-order valence-corrected chi connectivity index (χ4v) is 3.38. The smallest absolute Gasteiger partial charge is 0.222 e. The maximum Gasteiger partial charge on any atom is 0.222 e. The number of aromatic nitrogens is 3. The summed E-state index contributed by atoms with van der Waals surface area (Å²) in [7, 11) is 1.99. The van der Waals surface area contributed by atoms with Gasteiger partial charge in [0.05, 0.1) is 9.35 Å². The molecule has 0 amide bonds. The lowest BCUT2D eigenvalue weighted by Crippen LogP contribution is -2.08. The van der Waals surface area contributed by atoms with Crippen molar-refractivity contribution < 1.29 is 0 Å². The van der Waals surface area contributed by atoms with Gasteiger partial charge >= 0.3 is 0 Å². The molecule has 2 heterocycles. The minimum absolute atomic E-state index is 0.222. The summed E-state index contributed by atoms with van der Waals surface area (Å²) in [5.41, 5.74) is 1.83. The van der Waals surface area contributed by atoms with Crippen molar-refractivity contribution in [3.05, 3.63) is 52.5 Å². The van der Waals surface area contributed by atoms with E-state index in [4.69, 9.17) is 11.6 Å². The minimum atomic E-state index is 0.222. The maximum absolute atomic E-state index is 5.86. The average Bonchev–Trinajstić information content (AvgIpc) is 2.99. The zero-order valence-electron chi connectivity index (χ0n) is 11.0. The standard InChI is InChI=1S/C14H10BrClN4S/c1-20(9-5-3-2-4-6-9)14-18-8-11(21-14)12-10(15)7-17-13(16)19-12/h2-8H,1H3. The summed E-state index contributed by atoms with van der Waals surface area (Å²) in [5, 5.41) is 1.11. The largest absolute Gasteiger partial charge is 0.321 e. The topological polar surface area (TPSA) is 41.9 Å². The molecule has 2 aromatic heterocycles. The van der Waals surface area contributed by atoms with Crippen molar-refractivity contribution in [2.75, 3.05) is 11.9 Å². The number of halogens is 2. The van der Waals surface area contributed by atoms with E-state index in [1.807, 2.05) is 42.3 Å². The fourth-order valence-electron chi connectivity index (χ4n) is 1.81. The molecule has 0 radical (unpaired) electrons. The van der Waals surface area contributed by atoms with Gasteiger partial charge in [-0.1, -0.05) is 29.5 Å². The average molecular weight is 382 g/mol. The Balaban J connectivity index is 1.95. The van der Waals surface area contributed by atoms with E-state index < -0.39 is 0 Å². The van der Waals surface area contributed by atoms with Crippen LogP contribution in [0.2, 0.25) is 5.28 Å². The molecule has 21 heavy (non-hydrogen) atoms. The summed E-state index contributed by atoms with van der Waals surface area (Å²) in [6, 6.07) is 10.1. The summed E-state index contributed by atoms with van der Waals surface area (Å²) in [4.78, 5) is 15.6. The van der Waals surface area contributed by atoms with Gasteiger partial charge in [0.15, 0.2) is 5.13 Å². The number of benzene rings is 1. The van der Waals surface area contributed by atoms with Crippen molar-refractivity contribution in [2.45, 2.75) is 0 Å². The number of nitrogens with zero attached hydrogens (tertiary/aromatic N) is 4. The van der Waals surface area contributed by atoms with Gasteiger partial charge in [0.2, 0.25) is 5.28 Å². The molecule has 0 aliphatic carbocycles. The van der Waals surface area contributed by atoms with Crippen molar-refractivity contribution in [1.29, 1.82) is 0 Å². The summed E-state index contributed by atoms with van der Waals surface area (Å²) in [6.45, 7) is 0. The normalized spacial score (nSPS) is 10.6. The van der Waals surface area contributed by atoms with E-state index in [2.05, 4.69) is 30.9 Å². The highest BCUT2D eigenvalue weighted by molar-refractivity contribution is 9.10. The van der Waals surface area contributed by atoms with Crippen LogP contribution in [-0.4, -0.2) is 22.0 Å². The first-order valence-electron chi connectivity index (χ1n) is 6.08. The van der Waals surface area contributed by atoms with E-state index in [0.29, 0.717) is 0 Å². The van der Waals surface area contributed by atoms with Gasteiger partial charge in [0.25, 0.3) is 0 Å². The molecular weight excluding hydrogens is 372 g/mol. The molecule has 1 aromatic carbocycles. The first-order valence-corrected chi connectivity index (χ1v) is 8.07. The molecule has 0 saturated carbocycles. The van der Waals surface area contributed by atoms with Crippen molar-refractivity contribution in [2.24, 2.45) is 0 Å². The van der Waals surface area contributed by atoms with Gasteiger partial charge in [-0.25, -0.2) is 15.0 Å². The molecule has 106 valence electrons. The summed E-state index contributed by atoms with van der Waals surface area (Å²) in [6.07, 6.45) is 3.44. The van der Waals surface area contributed by atoms with Crippen LogP contribution in [0.15, 0.2) is 47.2 Å². The first kappa shape index (κ1) is 14.4. The third-order valence-electron chi connectivity index (χ3n) is 2.87. The van der Waals surface area contributed by atoms with Crippen LogP contribution in [0.4, 0.5) is 10.8 Å². The number of para-hydroxylation sites is 1. The predicted molar refractivity (Wildman–Crippen MR) is 90.4 cm³/mol. The highest BCUT2D eigenvalue weighted by Crippen LogP contribution is 2.35. The second-order valence-electron chi connectivity index (χ2n) is 4.24. The third kappa shape index (κ3) is 3.07. The van der Waals surface area contributed by atoms with E-state index >= 15 is 0 Å². The van der Waals surface area contributed by atoms with Crippen LogP contribution in [0.1, 0.15) is 0 Å². The quantitative estimate of drug-likeness (QED) is 0.612. The lowest BCUT2D eigenvalue weighted by molar-refractivity contribution is 1.16. The number of rotatable bonds is 3. The summed E-state index contributed by atoms with van der Waals surface area (Å²) in [5.74, 6) is 0. The van der Waals surface area contributed by atoms with Crippen LogP contribution in [-0.2, 0) is 0 Å². The van der Waals surface area contributed by atoms with E-state index in [9.17, 15) is 0 Å². The van der Waals surface area contributed by atoms with Crippen LogP contribution in [0, 0.1) is 0 Å². The third-order valence-corrected chi connectivity index (χ3v) is 4.71. The molecule has 0 bridgehead atoms. The molecule has 0 saturated heterocycles. The van der Waals surface area contributed by atoms with Crippen molar-refractivity contribution in [3.63, 3.8) is 0 Å². The van der Waals surface area contributed by atoms with Crippen LogP contribution < -0.4 is 4.90 Å². The molecule has 4 nitrogen and oxygen atoms in total. The zero-order chi connectivity index (χ0) is 14.8. The minimum Gasteiger partial charge on any atom is -0.321 e. The summed E-state index contributed by atoms with van der Waals surface area (Å²) < 4.78 is 0.796. The highest BCUT2D eigenvalue weighted by atomic mass is 79.9. The second-order valence-corrected chi connectivity index (χ2v) is 6.44. The number of hydrogen-bond acceptors (Lipinski definition) is 5. The fraction of sp³-hybridized carbons (Fsp3) is 0.0714. The van der Waals surface area contributed by atoms with Crippen LogP contribution in [0.25, 0.3) is 10.6 Å². The van der Waals surface area contributed by atoms with E-state index in [-0.39, 0.29) is 5.28 Å². The number of hydrogen-bond donors (Lipinski definition) is 0. The highest BCUT2D eigenvalue weighted by Gasteiger charge is 2.13. The molecule has 7 heteroatoms. The molecule has 0 N–H and O–H groups in total. The Morgan fingerprint density at radius 3 is 2.67 bits per heavy atom. The lowest BCUT2D eigenvalue weighted by atomic mass is 10.3. The van der Waals surface area contributed by atoms with Crippen LogP contribution >= 0.6 is 38.9 Å². The molecule has 0 aliphatic rings. The van der Waals surface area contributed by atoms with Crippen molar-refractivity contribution in [1.82, 2.24) is 15.0 Å². The van der Waals surface area contributed by atoms with Gasteiger partial charge in [-0.15, -0.1) is 0 Å². The molecule has 0 atom stereocenters. The molecular formula is C14H10BrClN4S. The molecule has 3 rings (SSSR count). The summed E-state index contributed by atoms with van der Waals surface area (Å²) >= 11 is 10.9. The molecule has 0 spiro atoms. The monoisotopic (exact) mass is 380 g/mol. The molecule has 0 unspecified atom stereocenters. The number of anilines is 2. The van der Waals surface area contributed by atoms with Gasteiger partial charge in [0.1, 0.15) is 5.69 Å². The van der Waals surface area contributed by atoms with E-state index in [1.165, 1.54) is 0 Å². The Morgan fingerprint density at radius 2 is 1.90 bits per heavy atom. The first-order chi connectivity index (χ1) is 10.1.